The van der Waals surface area contributed by atoms with Crippen molar-refractivity contribution < 1.29 is 5.11 Å². The van der Waals surface area contributed by atoms with Crippen molar-refractivity contribution in [1.82, 2.24) is 15.6 Å². The van der Waals surface area contributed by atoms with Crippen molar-refractivity contribution in [2.24, 2.45) is 4.99 Å². The number of phenolic OH excluding ortho intramolecular Hbond substituents is 1. The quantitative estimate of drug-likeness (QED) is 0.348. The molecule has 7 heteroatoms. The summed E-state index contributed by atoms with van der Waals surface area (Å²) in [5.74, 6) is 1.49. The number of hydrogen-bond acceptors (Lipinski definition) is 4. The summed E-state index contributed by atoms with van der Waals surface area (Å²) in [6.07, 6.45) is 0. The number of nitrogens with one attached hydrogen (secondary N) is 2. The molecule has 24 heavy (non-hydrogen) atoms. The van der Waals surface area contributed by atoms with Crippen molar-refractivity contribution in [3.63, 3.8) is 0 Å². The van der Waals surface area contributed by atoms with Crippen LogP contribution in [0.1, 0.15) is 43.0 Å². The van der Waals surface area contributed by atoms with Crippen molar-refractivity contribution in [3.05, 3.63) is 45.9 Å². The van der Waals surface area contributed by atoms with Crippen LogP contribution in [0.2, 0.25) is 0 Å². The highest BCUT2D eigenvalue weighted by Gasteiger charge is 2.06. The van der Waals surface area contributed by atoms with Crippen LogP contribution in [0.5, 0.6) is 5.75 Å². The monoisotopic (exact) mass is 460 g/mol. The number of benzene rings is 1. The number of nitrogens with zero attached hydrogens (tertiary/aromatic N) is 2. The fourth-order valence-corrected chi connectivity index (χ4v) is 2.84. The highest BCUT2D eigenvalue weighted by molar-refractivity contribution is 14.0. The summed E-state index contributed by atoms with van der Waals surface area (Å²) in [4.78, 5) is 9.18. The lowest BCUT2D eigenvalue weighted by molar-refractivity contribution is 0.475. The number of guanidine groups is 1. The van der Waals surface area contributed by atoms with Gasteiger partial charge in [-0.05, 0) is 30.5 Å². The normalized spacial score (nSPS) is 11.2. The lowest BCUT2D eigenvalue weighted by atomic mass is 10.2. The molecular weight excluding hydrogens is 435 g/mol. The second-order valence-electron chi connectivity index (χ2n) is 5.54. The van der Waals surface area contributed by atoms with Crippen LogP contribution in [0.3, 0.4) is 0 Å². The topological polar surface area (TPSA) is 69.5 Å². The fourth-order valence-electron chi connectivity index (χ4n) is 1.94. The van der Waals surface area contributed by atoms with Gasteiger partial charge in [0, 0.05) is 11.9 Å². The van der Waals surface area contributed by atoms with Crippen LogP contribution in [-0.4, -0.2) is 22.6 Å². The Morgan fingerprint density at radius 2 is 1.96 bits per heavy atom. The third-order valence-corrected chi connectivity index (χ3v) is 4.14. The zero-order chi connectivity index (χ0) is 16.7. The highest BCUT2D eigenvalue weighted by Crippen LogP contribution is 2.17. The minimum atomic E-state index is 0. The Bertz CT molecular complexity index is 640. The van der Waals surface area contributed by atoms with E-state index in [1.54, 1.807) is 23.5 Å². The second kappa shape index (κ2) is 10.5. The van der Waals surface area contributed by atoms with Gasteiger partial charge in [-0.1, -0.05) is 26.0 Å². The predicted octanol–water partition coefficient (Wildman–Crippen LogP) is 3.85. The van der Waals surface area contributed by atoms with Gasteiger partial charge in [-0.25, -0.2) is 9.98 Å². The van der Waals surface area contributed by atoms with Gasteiger partial charge in [0.05, 0.1) is 18.8 Å². The Labute approximate surface area is 164 Å². The third kappa shape index (κ3) is 6.64. The van der Waals surface area contributed by atoms with E-state index in [0.717, 1.165) is 28.8 Å². The first-order chi connectivity index (χ1) is 11.1. The van der Waals surface area contributed by atoms with E-state index in [4.69, 9.17) is 0 Å². The van der Waals surface area contributed by atoms with E-state index >= 15 is 0 Å². The Balaban J connectivity index is 0.00000288. The van der Waals surface area contributed by atoms with Crippen LogP contribution in [0.25, 0.3) is 0 Å². The van der Waals surface area contributed by atoms with Crippen molar-refractivity contribution in [3.8, 4) is 5.75 Å². The summed E-state index contributed by atoms with van der Waals surface area (Å²) >= 11 is 1.67. The summed E-state index contributed by atoms with van der Waals surface area (Å²) in [5, 5.41) is 19.0. The molecular formula is C17H25IN4OS. The largest absolute Gasteiger partial charge is 0.508 e. The number of hydrogen-bond donors (Lipinski definition) is 3. The lowest BCUT2D eigenvalue weighted by Gasteiger charge is -2.10. The Morgan fingerprint density at radius 1 is 1.25 bits per heavy atom. The maximum absolute atomic E-state index is 9.30. The van der Waals surface area contributed by atoms with Crippen LogP contribution < -0.4 is 10.6 Å². The predicted molar refractivity (Wildman–Crippen MR) is 111 cm³/mol. The SMILES string of the molecule is CCNC(=NCc1ccc(O)cc1)NCc1nc(C(C)C)cs1.I. The molecule has 0 spiro atoms. The number of thiazole rings is 1. The van der Waals surface area contributed by atoms with Crippen molar-refractivity contribution in [2.45, 2.75) is 39.8 Å². The van der Waals surface area contributed by atoms with Crippen LogP contribution in [0.15, 0.2) is 34.6 Å². The molecule has 0 bridgehead atoms. The molecule has 0 atom stereocenters. The number of phenols is 1. The van der Waals surface area contributed by atoms with Gasteiger partial charge in [0.15, 0.2) is 5.96 Å². The number of rotatable bonds is 6. The molecule has 1 aromatic carbocycles. The van der Waals surface area contributed by atoms with Gasteiger partial charge in [0.2, 0.25) is 0 Å². The maximum Gasteiger partial charge on any atom is 0.191 e. The van der Waals surface area contributed by atoms with E-state index in [1.807, 2.05) is 19.1 Å². The zero-order valence-corrected chi connectivity index (χ0v) is 17.4. The molecule has 2 aromatic rings. The molecule has 132 valence electrons. The van der Waals surface area contributed by atoms with Crippen LogP contribution in [0, 0.1) is 0 Å². The lowest BCUT2D eigenvalue weighted by Crippen LogP contribution is -2.36. The Morgan fingerprint density at radius 3 is 2.54 bits per heavy atom. The molecule has 0 aliphatic rings. The van der Waals surface area contributed by atoms with E-state index in [0.29, 0.717) is 19.0 Å². The molecule has 0 amide bonds. The Kier molecular flexibility index (Phi) is 9.05. The van der Waals surface area contributed by atoms with E-state index < -0.39 is 0 Å². The van der Waals surface area contributed by atoms with E-state index in [2.05, 4.69) is 39.8 Å². The summed E-state index contributed by atoms with van der Waals surface area (Å²) in [7, 11) is 0. The first kappa shape index (κ1) is 20.7. The highest BCUT2D eigenvalue weighted by atomic mass is 127. The Hall–Kier alpha value is -1.35. The standard InChI is InChI=1S/C17H24N4OS.HI/c1-4-18-17(19-9-13-5-7-14(22)8-6-13)20-10-16-21-15(11-23-16)12(2)3;/h5-8,11-12,22H,4,9-10H2,1-3H3,(H2,18,19,20);1H. The van der Waals surface area contributed by atoms with E-state index in [9.17, 15) is 5.11 Å². The zero-order valence-electron chi connectivity index (χ0n) is 14.2. The van der Waals surface area contributed by atoms with Crippen LogP contribution in [-0.2, 0) is 13.1 Å². The molecule has 0 aliphatic carbocycles. The van der Waals surface area contributed by atoms with Gasteiger partial charge in [-0.3, -0.25) is 0 Å². The van der Waals surface area contributed by atoms with Crippen LogP contribution >= 0.6 is 35.3 Å². The second-order valence-corrected chi connectivity index (χ2v) is 6.48. The van der Waals surface area contributed by atoms with E-state index in [1.165, 1.54) is 0 Å². The fraction of sp³-hybridized carbons (Fsp3) is 0.412. The number of halogens is 1. The van der Waals surface area contributed by atoms with Crippen molar-refractivity contribution >= 4 is 41.3 Å². The van der Waals surface area contributed by atoms with Gasteiger partial charge in [-0.2, -0.15) is 0 Å². The molecule has 3 N–H and O–H groups in total. The molecule has 0 saturated carbocycles. The third-order valence-electron chi connectivity index (χ3n) is 3.27. The van der Waals surface area contributed by atoms with Crippen molar-refractivity contribution in [1.29, 1.82) is 0 Å². The van der Waals surface area contributed by atoms with Crippen molar-refractivity contribution in [2.75, 3.05) is 6.54 Å². The summed E-state index contributed by atoms with van der Waals surface area (Å²) < 4.78 is 0. The van der Waals surface area contributed by atoms with Gasteiger partial charge in [-0.15, -0.1) is 35.3 Å². The minimum absolute atomic E-state index is 0. The average Bonchev–Trinajstić information content (AvgIpc) is 3.01. The molecule has 1 heterocycles. The smallest absolute Gasteiger partial charge is 0.191 e. The van der Waals surface area contributed by atoms with Gasteiger partial charge < -0.3 is 15.7 Å². The van der Waals surface area contributed by atoms with Gasteiger partial charge >= 0.3 is 0 Å². The van der Waals surface area contributed by atoms with Gasteiger partial charge in [0.1, 0.15) is 10.8 Å². The minimum Gasteiger partial charge on any atom is -0.508 e. The molecule has 0 unspecified atom stereocenters. The first-order valence-corrected chi connectivity index (χ1v) is 8.70. The van der Waals surface area contributed by atoms with Gasteiger partial charge in [0.25, 0.3) is 0 Å². The summed E-state index contributed by atoms with van der Waals surface area (Å²) in [6, 6.07) is 7.10. The molecule has 0 fully saturated rings. The molecule has 1 aromatic heterocycles. The number of aromatic nitrogens is 1. The molecule has 0 aliphatic heterocycles. The number of aliphatic imine (C=N–C) groups is 1. The maximum atomic E-state index is 9.30. The molecule has 0 saturated heterocycles. The molecule has 5 nitrogen and oxygen atoms in total. The summed E-state index contributed by atoms with van der Waals surface area (Å²) in [5.41, 5.74) is 2.19. The summed E-state index contributed by atoms with van der Waals surface area (Å²) in [6.45, 7) is 8.36. The first-order valence-electron chi connectivity index (χ1n) is 7.83. The molecule has 2 rings (SSSR count). The van der Waals surface area contributed by atoms with Crippen LogP contribution in [0.4, 0.5) is 0 Å². The van der Waals surface area contributed by atoms with E-state index in [-0.39, 0.29) is 29.7 Å². The molecule has 0 radical (unpaired) electrons. The average molecular weight is 460 g/mol. The number of aromatic hydroxyl groups is 1.